The molecule has 2 N–H and O–H groups in total. The molecule has 1 aromatic carbocycles. The van der Waals surface area contributed by atoms with Crippen molar-refractivity contribution < 1.29 is 14.3 Å². The first-order valence-electron chi connectivity index (χ1n) is 9.24. The monoisotopic (exact) mass is 363 g/mol. The largest absolute Gasteiger partial charge is 0.495 e. The van der Waals surface area contributed by atoms with Crippen LogP contribution in [0.3, 0.4) is 0 Å². The normalized spacial score (nSPS) is 10.8. The molecule has 0 aromatic heterocycles. The predicted octanol–water partition coefficient (Wildman–Crippen LogP) is 4.58. The number of nitrogens with zero attached hydrogens (tertiary/aromatic N) is 1. The number of anilines is 2. The molecule has 0 atom stereocenters. The van der Waals surface area contributed by atoms with Crippen LogP contribution in [-0.2, 0) is 4.79 Å². The number of urea groups is 1. The van der Waals surface area contributed by atoms with Crippen molar-refractivity contribution in [1.82, 2.24) is 4.90 Å². The first kappa shape index (κ1) is 21.8. The minimum absolute atomic E-state index is 0.149. The molecule has 0 bridgehead atoms. The van der Waals surface area contributed by atoms with E-state index in [1.54, 1.807) is 25.3 Å². The summed E-state index contributed by atoms with van der Waals surface area (Å²) < 4.78 is 5.34. The SMILES string of the molecule is COc1ccc(NC(C)=O)cc1NC(=O)N(CCC(C)C)CCC(C)C. The van der Waals surface area contributed by atoms with Gasteiger partial charge in [-0.25, -0.2) is 4.79 Å². The van der Waals surface area contributed by atoms with Gasteiger partial charge in [0.05, 0.1) is 12.8 Å². The lowest BCUT2D eigenvalue weighted by Gasteiger charge is -2.25. The van der Waals surface area contributed by atoms with Gasteiger partial charge in [-0.15, -0.1) is 0 Å². The molecule has 0 spiro atoms. The fraction of sp³-hybridized carbons (Fsp3) is 0.600. The average Bonchev–Trinajstić information content (AvgIpc) is 2.54. The molecule has 6 nitrogen and oxygen atoms in total. The van der Waals surface area contributed by atoms with Crippen molar-refractivity contribution in [2.45, 2.75) is 47.5 Å². The van der Waals surface area contributed by atoms with Crippen LogP contribution >= 0.6 is 0 Å². The molecule has 0 fully saturated rings. The molecule has 0 unspecified atom stereocenters. The van der Waals surface area contributed by atoms with Crippen molar-refractivity contribution in [3.05, 3.63) is 18.2 Å². The molecule has 0 aliphatic rings. The molecule has 0 radical (unpaired) electrons. The highest BCUT2D eigenvalue weighted by Crippen LogP contribution is 2.28. The maximum atomic E-state index is 12.8. The zero-order valence-electron chi connectivity index (χ0n) is 16.9. The van der Waals surface area contributed by atoms with Gasteiger partial charge in [-0.3, -0.25) is 4.79 Å². The molecule has 3 amide bonds. The van der Waals surface area contributed by atoms with Crippen LogP contribution in [-0.4, -0.2) is 37.0 Å². The number of benzene rings is 1. The highest BCUT2D eigenvalue weighted by molar-refractivity contribution is 5.94. The number of carbonyl (C=O) groups is 2. The van der Waals surface area contributed by atoms with E-state index in [1.165, 1.54) is 6.92 Å². The summed E-state index contributed by atoms with van der Waals surface area (Å²) in [4.78, 5) is 25.9. The molecule has 0 aliphatic heterocycles. The molecule has 6 heteroatoms. The first-order chi connectivity index (χ1) is 12.2. The molecule has 0 heterocycles. The number of carbonyl (C=O) groups excluding carboxylic acids is 2. The Kier molecular flexibility index (Phi) is 8.96. The minimum Gasteiger partial charge on any atom is -0.495 e. The van der Waals surface area contributed by atoms with E-state index in [-0.39, 0.29) is 11.9 Å². The second-order valence-corrected chi connectivity index (χ2v) is 7.38. The Morgan fingerprint density at radius 2 is 1.62 bits per heavy atom. The predicted molar refractivity (Wildman–Crippen MR) is 107 cm³/mol. The Morgan fingerprint density at radius 1 is 1.04 bits per heavy atom. The Morgan fingerprint density at radius 3 is 2.08 bits per heavy atom. The quantitative estimate of drug-likeness (QED) is 0.674. The molecule has 146 valence electrons. The lowest BCUT2D eigenvalue weighted by atomic mass is 10.1. The summed E-state index contributed by atoms with van der Waals surface area (Å²) in [5.41, 5.74) is 1.16. The molecule has 0 aliphatic carbocycles. The molecule has 26 heavy (non-hydrogen) atoms. The van der Waals surface area contributed by atoms with Gasteiger partial charge in [-0.05, 0) is 42.9 Å². The van der Waals surface area contributed by atoms with Gasteiger partial charge < -0.3 is 20.3 Å². The summed E-state index contributed by atoms with van der Waals surface area (Å²) in [7, 11) is 1.55. The van der Waals surface area contributed by atoms with Crippen LogP contribution in [0.25, 0.3) is 0 Å². The van der Waals surface area contributed by atoms with Crippen LogP contribution in [0.5, 0.6) is 5.75 Å². The lowest BCUT2D eigenvalue weighted by Crippen LogP contribution is -2.37. The van der Waals surface area contributed by atoms with E-state index in [0.717, 1.165) is 12.8 Å². The Hall–Kier alpha value is -2.24. The Labute approximate surface area is 157 Å². The number of amides is 3. The highest BCUT2D eigenvalue weighted by Gasteiger charge is 2.17. The van der Waals surface area contributed by atoms with Gasteiger partial charge in [0.1, 0.15) is 5.75 Å². The van der Waals surface area contributed by atoms with E-state index in [4.69, 9.17) is 4.74 Å². The average molecular weight is 364 g/mol. The van der Waals surface area contributed by atoms with Crippen molar-refractivity contribution >= 4 is 23.3 Å². The number of nitrogens with one attached hydrogen (secondary N) is 2. The van der Waals surface area contributed by atoms with E-state index >= 15 is 0 Å². The molecule has 1 rings (SSSR count). The van der Waals surface area contributed by atoms with Gasteiger partial charge >= 0.3 is 6.03 Å². The van der Waals surface area contributed by atoms with Crippen LogP contribution in [0, 0.1) is 11.8 Å². The maximum Gasteiger partial charge on any atom is 0.321 e. The van der Waals surface area contributed by atoms with Gasteiger partial charge in [0, 0.05) is 25.7 Å². The molecule has 0 saturated heterocycles. The van der Waals surface area contributed by atoms with E-state index in [2.05, 4.69) is 38.3 Å². The third-order valence-corrected chi connectivity index (χ3v) is 4.00. The van der Waals surface area contributed by atoms with Gasteiger partial charge in [-0.2, -0.15) is 0 Å². The standard InChI is InChI=1S/C20H33N3O3/c1-14(2)9-11-23(12-10-15(3)4)20(25)22-18-13-17(21-16(5)24)7-8-19(18)26-6/h7-8,13-15H,9-12H2,1-6H3,(H,21,24)(H,22,25). The third-order valence-electron chi connectivity index (χ3n) is 4.00. The van der Waals surface area contributed by atoms with Crippen LogP contribution in [0.2, 0.25) is 0 Å². The van der Waals surface area contributed by atoms with Crippen LogP contribution in [0.4, 0.5) is 16.2 Å². The van der Waals surface area contributed by atoms with E-state index in [0.29, 0.717) is 42.0 Å². The van der Waals surface area contributed by atoms with Crippen molar-refractivity contribution in [1.29, 1.82) is 0 Å². The van der Waals surface area contributed by atoms with Gasteiger partial charge in [0.2, 0.25) is 5.91 Å². The number of methoxy groups -OCH3 is 1. The molecule has 1 aromatic rings. The van der Waals surface area contributed by atoms with E-state index in [1.807, 2.05) is 4.90 Å². The van der Waals surface area contributed by atoms with Crippen molar-refractivity contribution in [2.75, 3.05) is 30.8 Å². The van der Waals surface area contributed by atoms with Crippen LogP contribution < -0.4 is 15.4 Å². The van der Waals surface area contributed by atoms with Gasteiger partial charge in [-0.1, -0.05) is 27.7 Å². The number of rotatable bonds is 9. The summed E-state index contributed by atoms with van der Waals surface area (Å²) in [5, 5.41) is 5.65. The summed E-state index contributed by atoms with van der Waals surface area (Å²) in [6.07, 6.45) is 1.91. The zero-order chi connectivity index (χ0) is 19.7. The second kappa shape index (κ2) is 10.7. The molecule has 0 saturated carbocycles. The number of ether oxygens (including phenoxy) is 1. The number of hydrogen-bond acceptors (Lipinski definition) is 3. The Bertz CT molecular complexity index is 588. The van der Waals surface area contributed by atoms with E-state index in [9.17, 15) is 9.59 Å². The zero-order valence-corrected chi connectivity index (χ0v) is 16.9. The number of hydrogen-bond donors (Lipinski definition) is 2. The first-order valence-corrected chi connectivity index (χ1v) is 9.24. The van der Waals surface area contributed by atoms with Gasteiger partial charge in [0.15, 0.2) is 0 Å². The smallest absolute Gasteiger partial charge is 0.321 e. The van der Waals surface area contributed by atoms with Crippen LogP contribution in [0.1, 0.15) is 47.5 Å². The van der Waals surface area contributed by atoms with Crippen molar-refractivity contribution in [3.8, 4) is 5.75 Å². The molecular weight excluding hydrogens is 330 g/mol. The summed E-state index contributed by atoms with van der Waals surface area (Å²) in [5.74, 6) is 1.45. The van der Waals surface area contributed by atoms with Crippen molar-refractivity contribution in [2.24, 2.45) is 11.8 Å². The van der Waals surface area contributed by atoms with E-state index < -0.39 is 0 Å². The fourth-order valence-corrected chi connectivity index (χ4v) is 2.42. The third kappa shape index (κ3) is 7.76. The Balaban J connectivity index is 2.92. The lowest BCUT2D eigenvalue weighted by molar-refractivity contribution is -0.114. The second-order valence-electron chi connectivity index (χ2n) is 7.38. The maximum absolute atomic E-state index is 12.8. The van der Waals surface area contributed by atoms with Crippen molar-refractivity contribution in [3.63, 3.8) is 0 Å². The topological polar surface area (TPSA) is 70.7 Å². The highest BCUT2D eigenvalue weighted by atomic mass is 16.5. The summed E-state index contributed by atoms with van der Waals surface area (Å²) in [6, 6.07) is 5.03. The molecular formula is C20H33N3O3. The van der Waals surface area contributed by atoms with Crippen LogP contribution in [0.15, 0.2) is 18.2 Å². The summed E-state index contributed by atoms with van der Waals surface area (Å²) >= 11 is 0. The minimum atomic E-state index is -0.164. The van der Waals surface area contributed by atoms with Gasteiger partial charge in [0.25, 0.3) is 0 Å². The fourth-order valence-electron chi connectivity index (χ4n) is 2.42. The summed E-state index contributed by atoms with van der Waals surface area (Å²) in [6.45, 7) is 11.5.